The molecule has 8 heteroatoms. The van der Waals surface area contributed by atoms with Crippen LogP contribution in [0.1, 0.15) is 0 Å². The van der Waals surface area contributed by atoms with Crippen LogP contribution in [0.4, 0.5) is 10.9 Å². The molecular formula is C23H16N4OS3. The van der Waals surface area contributed by atoms with E-state index in [-0.39, 0.29) is 0 Å². The van der Waals surface area contributed by atoms with E-state index in [0.29, 0.717) is 11.6 Å². The molecule has 0 radical (unpaired) electrons. The first-order chi connectivity index (χ1) is 15.3. The van der Waals surface area contributed by atoms with E-state index in [1.165, 1.54) is 11.3 Å². The highest BCUT2D eigenvalue weighted by Gasteiger charge is 2.13. The van der Waals surface area contributed by atoms with Crippen molar-refractivity contribution >= 4 is 45.4 Å². The van der Waals surface area contributed by atoms with E-state index in [2.05, 4.69) is 26.7 Å². The molecule has 5 rings (SSSR count). The number of hydrogen-bond donors (Lipinski definition) is 1. The summed E-state index contributed by atoms with van der Waals surface area (Å²) < 4.78 is 6.17. The third-order valence-corrected chi connectivity index (χ3v) is 6.64. The van der Waals surface area contributed by atoms with Crippen molar-refractivity contribution in [3.63, 3.8) is 0 Å². The van der Waals surface area contributed by atoms with Gasteiger partial charge in [-0.1, -0.05) is 30.0 Å². The van der Waals surface area contributed by atoms with Crippen LogP contribution in [0, 0.1) is 0 Å². The monoisotopic (exact) mass is 460 g/mol. The van der Waals surface area contributed by atoms with E-state index in [0.717, 1.165) is 31.9 Å². The number of rotatable bonds is 7. The lowest BCUT2D eigenvalue weighted by molar-refractivity contribution is 0.481. The van der Waals surface area contributed by atoms with Gasteiger partial charge in [0.05, 0.1) is 5.69 Å². The van der Waals surface area contributed by atoms with Crippen LogP contribution in [0.5, 0.6) is 11.5 Å². The Hall–Kier alpha value is -3.20. The summed E-state index contributed by atoms with van der Waals surface area (Å²) in [6.07, 6.45) is 5.39. The van der Waals surface area contributed by atoms with Crippen LogP contribution < -0.4 is 10.1 Å². The number of pyridine rings is 2. The number of thiazole rings is 1. The Morgan fingerprint density at radius 1 is 0.935 bits per heavy atom. The second-order valence-corrected chi connectivity index (χ2v) is 9.18. The molecule has 0 aliphatic carbocycles. The zero-order valence-corrected chi connectivity index (χ0v) is 18.6. The van der Waals surface area contributed by atoms with Crippen molar-refractivity contribution in [2.24, 2.45) is 0 Å². The third kappa shape index (κ3) is 4.93. The van der Waals surface area contributed by atoms with Gasteiger partial charge in [0.2, 0.25) is 0 Å². The largest absolute Gasteiger partial charge is 0.453 e. The molecule has 1 N–H and O–H groups in total. The van der Waals surface area contributed by atoms with Gasteiger partial charge in [0.15, 0.2) is 16.7 Å². The third-order valence-electron chi connectivity index (χ3n) is 4.23. The van der Waals surface area contributed by atoms with E-state index < -0.39 is 0 Å². The lowest BCUT2D eigenvalue weighted by Crippen LogP contribution is -1.97. The Morgan fingerprint density at radius 3 is 2.61 bits per heavy atom. The smallest absolute Gasteiger partial charge is 0.188 e. The molecule has 0 fully saturated rings. The first-order valence-electron chi connectivity index (χ1n) is 9.39. The molecule has 5 nitrogen and oxygen atoms in total. The van der Waals surface area contributed by atoms with Gasteiger partial charge in [-0.3, -0.25) is 4.98 Å². The summed E-state index contributed by atoms with van der Waals surface area (Å²) >= 11 is 4.81. The molecule has 0 amide bonds. The molecule has 0 atom stereocenters. The first-order valence-corrected chi connectivity index (χ1v) is 12.0. The van der Waals surface area contributed by atoms with Crippen molar-refractivity contribution in [1.29, 1.82) is 0 Å². The fourth-order valence-corrected chi connectivity index (χ4v) is 4.96. The van der Waals surface area contributed by atoms with Crippen LogP contribution in [-0.4, -0.2) is 15.0 Å². The molecule has 0 saturated carbocycles. The molecule has 0 bridgehead atoms. The molecule has 4 aromatic heterocycles. The van der Waals surface area contributed by atoms with Gasteiger partial charge in [-0.2, -0.15) is 11.3 Å². The molecular weight excluding hydrogens is 444 g/mol. The van der Waals surface area contributed by atoms with Crippen LogP contribution in [0.15, 0.2) is 99.1 Å². The van der Waals surface area contributed by atoms with Crippen molar-refractivity contribution in [3.8, 4) is 22.8 Å². The number of ether oxygens (including phenoxy) is 1. The summed E-state index contributed by atoms with van der Waals surface area (Å²) in [7, 11) is 0. The maximum Gasteiger partial charge on any atom is 0.188 e. The van der Waals surface area contributed by atoms with Crippen molar-refractivity contribution in [3.05, 3.63) is 89.3 Å². The molecule has 4 heterocycles. The Balaban J connectivity index is 1.43. The van der Waals surface area contributed by atoms with Crippen LogP contribution in [0.25, 0.3) is 11.3 Å². The minimum Gasteiger partial charge on any atom is -0.453 e. The van der Waals surface area contributed by atoms with Gasteiger partial charge in [-0.05, 0) is 35.7 Å². The van der Waals surface area contributed by atoms with Gasteiger partial charge in [0.1, 0.15) is 5.75 Å². The molecule has 0 aliphatic rings. The number of thiophene rings is 1. The quantitative estimate of drug-likeness (QED) is 0.274. The highest BCUT2D eigenvalue weighted by Crippen LogP contribution is 2.37. The van der Waals surface area contributed by atoms with E-state index in [9.17, 15) is 0 Å². The number of nitrogens with one attached hydrogen (secondary N) is 1. The zero-order chi connectivity index (χ0) is 20.9. The zero-order valence-electron chi connectivity index (χ0n) is 16.1. The van der Waals surface area contributed by atoms with E-state index >= 15 is 0 Å². The number of aromatic nitrogens is 3. The van der Waals surface area contributed by atoms with Crippen molar-refractivity contribution in [2.75, 3.05) is 5.32 Å². The highest BCUT2D eigenvalue weighted by atomic mass is 32.2. The van der Waals surface area contributed by atoms with Gasteiger partial charge in [-0.15, -0.1) is 11.3 Å². The molecule has 0 unspecified atom stereocenters. The standard InChI is InChI=1S/C23H16N4OS3/c1-2-4-17(5-3-1)28-21-12-19(31-18-6-9-24-10-7-18)13-25-22(21)27-23-26-20(15-30-23)16-8-11-29-14-16/h1-15H,(H,25,26,27). The number of nitrogens with zero attached hydrogens (tertiary/aromatic N) is 3. The first kappa shape index (κ1) is 19.7. The van der Waals surface area contributed by atoms with Gasteiger partial charge in [-0.25, -0.2) is 9.97 Å². The number of para-hydroxylation sites is 1. The Morgan fingerprint density at radius 2 is 1.81 bits per heavy atom. The topological polar surface area (TPSA) is 59.9 Å². The Kier molecular flexibility index (Phi) is 5.92. The summed E-state index contributed by atoms with van der Waals surface area (Å²) in [5.41, 5.74) is 2.07. The lowest BCUT2D eigenvalue weighted by Gasteiger charge is -2.12. The van der Waals surface area contributed by atoms with Gasteiger partial charge >= 0.3 is 0 Å². The molecule has 0 aliphatic heterocycles. The van der Waals surface area contributed by atoms with Crippen LogP contribution >= 0.6 is 34.4 Å². The van der Waals surface area contributed by atoms with Gasteiger partial charge in [0.25, 0.3) is 0 Å². The lowest BCUT2D eigenvalue weighted by atomic mass is 10.3. The highest BCUT2D eigenvalue weighted by molar-refractivity contribution is 7.99. The van der Waals surface area contributed by atoms with Gasteiger partial charge in [0, 0.05) is 50.8 Å². The second kappa shape index (κ2) is 9.30. The fraction of sp³-hybridized carbons (Fsp3) is 0. The molecule has 0 saturated heterocycles. The van der Waals surface area contributed by atoms with Crippen LogP contribution in [0.3, 0.4) is 0 Å². The maximum atomic E-state index is 6.17. The summed E-state index contributed by atoms with van der Waals surface area (Å²) in [4.78, 5) is 15.5. The summed E-state index contributed by atoms with van der Waals surface area (Å²) in [6, 6.07) is 17.7. The molecule has 31 heavy (non-hydrogen) atoms. The predicted molar refractivity (Wildman–Crippen MR) is 128 cm³/mol. The number of hydrogen-bond acceptors (Lipinski definition) is 8. The minimum atomic E-state index is 0.620. The van der Waals surface area contributed by atoms with E-state index in [1.807, 2.05) is 65.5 Å². The average Bonchev–Trinajstić information content (AvgIpc) is 3.49. The molecule has 152 valence electrons. The van der Waals surface area contributed by atoms with Crippen LogP contribution in [0.2, 0.25) is 0 Å². The maximum absolute atomic E-state index is 6.17. The van der Waals surface area contributed by atoms with Crippen molar-refractivity contribution in [2.45, 2.75) is 9.79 Å². The van der Waals surface area contributed by atoms with E-state index in [4.69, 9.17) is 9.72 Å². The molecule has 5 aromatic rings. The molecule has 1 aromatic carbocycles. The summed E-state index contributed by atoms with van der Waals surface area (Å²) in [5.74, 6) is 2.00. The second-order valence-electron chi connectivity index (χ2n) is 6.39. The van der Waals surface area contributed by atoms with Crippen LogP contribution in [-0.2, 0) is 0 Å². The summed E-state index contributed by atoms with van der Waals surface area (Å²) in [5, 5.41) is 10.3. The Labute approximate surface area is 191 Å². The number of benzene rings is 1. The average molecular weight is 461 g/mol. The van der Waals surface area contributed by atoms with Crippen molar-refractivity contribution in [1.82, 2.24) is 15.0 Å². The number of anilines is 2. The fourth-order valence-electron chi connectivity index (χ4n) is 2.79. The molecule has 0 spiro atoms. The van der Waals surface area contributed by atoms with Gasteiger partial charge < -0.3 is 10.1 Å². The van der Waals surface area contributed by atoms with Crippen molar-refractivity contribution < 1.29 is 4.74 Å². The minimum absolute atomic E-state index is 0.620. The van der Waals surface area contributed by atoms with E-state index in [1.54, 1.807) is 35.5 Å². The summed E-state index contributed by atoms with van der Waals surface area (Å²) in [6.45, 7) is 0. The Bertz CT molecular complexity index is 1260. The predicted octanol–water partition coefficient (Wildman–Crippen LogP) is 7.35. The normalized spacial score (nSPS) is 10.7. The SMILES string of the molecule is c1ccc(Oc2cc(Sc3ccncc3)cnc2Nc2nc(-c3ccsc3)cs2)cc1.